The highest BCUT2D eigenvalue weighted by Gasteiger charge is 2.14. The summed E-state index contributed by atoms with van der Waals surface area (Å²) in [4.78, 5) is 2.34. The van der Waals surface area contributed by atoms with Crippen LogP contribution in [-0.4, -0.2) is 13.1 Å². The molecule has 0 radical (unpaired) electrons. The van der Waals surface area contributed by atoms with Crippen LogP contribution in [-0.2, 0) is 0 Å². The molecule has 96 valence electrons. The molecule has 0 bridgehead atoms. The van der Waals surface area contributed by atoms with E-state index in [-0.39, 0.29) is 6.04 Å². The lowest BCUT2D eigenvalue weighted by atomic mass is 10.1. The first-order valence-electron chi connectivity index (χ1n) is 6.29. The summed E-state index contributed by atoms with van der Waals surface area (Å²) in [7, 11) is 2.16. The van der Waals surface area contributed by atoms with Crippen molar-refractivity contribution in [2.24, 2.45) is 5.73 Å². The van der Waals surface area contributed by atoms with Crippen molar-refractivity contribution in [3.8, 4) is 0 Å². The average molecular weight is 299 g/mol. The van der Waals surface area contributed by atoms with Crippen LogP contribution in [0.15, 0.2) is 22.7 Å². The first-order chi connectivity index (χ1) is 8.01. The molecule has 3 heteroatoms. The third kappa shape index (κ3) is 3.46. The Balaban J connectivity index is 2.99. The summed E-state index contributed by atoms with van der Waals surface area (Å²) < 4.78 is 1.13. The van der Waals surface area contributed by atoms with Gasteiger partial charge in [0.05, 0.1) is 5.69 Å². The van der Waals surface area contributed by atoms with E-state index >= 15 is 0 Å². The van der Waals surface area contributed by atoms with E-state index in [0.717, 1.165) is 17.3 Å². The van der Waals surface area contributed by atoms with Gasteiger partial charge >= 0.3 is 0 Å². The van der Waals surface area contributed by atoms with Crippen molar-refractivity contribution in [1.29, 1.82) is 0 Å². The number of hydrogen-bond acceptors (Lipinski definition) is 2. The van der Waals surface area contributed by atoms with Gasteiger partial charge in [0.15, 0.2) is 0 Å². The molecule has 0 heterocycles. The van der Waals surface area contributed by atoms with E-state index in [1.165, 1.54) is 11.3 Å². The van der Waals surface area contributed by atoms with Crippen molar-refractivity contribution in [2.45, 2.75) is 45.7 Å². The molecular weight excluding hydrogens is 276 g/mol. The summed E-state index contributed by atoms with van der Waals surface area (Å²) in [6, 6.07) is 7.06. The number of halogens is 1. The molecule has 1 rings (SSSR count). The molecule has 0 unspecified atom stereocenters. The Morgan fingerprint density at radius 2 is 1.88 bits per heavy atom. The summed E-state index contributed by atoms with van der Waals surface area (Å²) in [5, 5.41) is 0. The van der Waals surface area contributed by atoms with Gasteiger partial charge in [-0.25, -0.2) is 0 Å². The lowest BCUT2D eigenvalue weighted by Crippen LogP contribution is -2.30. The van der Waals surface area contributed by atoms with Gasteiger partial charge in [0, 0.05) is 23.6 Å². The predicted molar refractivity (Wildman–Crippen MR) is 79.5 cm³/mol. The Bertz CT molecular complexity index is 359. The quantitative estimate of drug-likeness (QED) is 0.887. The van der Waals surface area contributed by atoms with Crippen LogP contribution in [0.1, 0.15) is 45.2 Å². The Hall–Kier alpha value is -0.540. The monoisotopic (exact) mass is 298 g/mol. The van der Waals surface area contributed by atoms with Crippen LogP contribution in [0.3, 0.4) is 0 Å². The molecule has 17 heavy (non-hydrogen) atoms. The zero-order chi connectivity index (χ0) is 13.0. The maximum atomic E-state index is 5.89. The molecule has 1 aromatic rings. The molecule has 0 spiro atoms. The first-order valence-corrected chi connectivity index (χ1v) is 7.08. The van der Waals surface area contributed by atoms with Crippen molar-refractivity contribution >= 4 is 21.6 Å². The van der Waals surface area contributed by atoms with Crippen molar-refractivity contribution in [3.63, 3.8) is 0 Å². The van der Waals surface area contributed by atoms with E-state index < -0.39 is 0 Å². The lowest BCUT2D eigenvalue weighted by molar-refractivity contribution is 0.591. The topological polar surface area (TPSA) is 29.3 Å². The van der Waals surface area contributed by atoms with Crippen LogP contribution in [0.25, 0.3) is 0 Å². The number of hydrogen-bond donors (Lipinski definition) is 1. The molecular formula is C14H23BrN2. The molecule has 0 aliphatic carbocycles. The van der Waals surface area contributed by atoms with Crippen LogP contribution in [0.5, 0.6) is 0 Å². The molecule has 2 N–H and O–H groups in total. The molecule has 0 saturated heterocycles. The highest BCUT2D eigenvalue weighted by atomic mass is 79.9. The summed E-state index contributed by atoms with van der Waals surface area (Å²) >= 11 is 3.65. The van der Waals surface area contributed by atoms with Crippen LogP contribution < -0.4 is 10.6 Å². The number of rotatable bonds is 5. The first kappa shape index (κ1) is 14.5. The van der Waals surface area contributed by atoms with Gasteiger partial charge in [0.2, 0.25) is 0 Å². The summed E-state index contributed by atoms with van der Waals surface area (Å²) in [5.74, 6) is 0. The second-order valence-corrected chi connectivity index (χ2v) is 5.44. The fourth-order valence-corrected chi connectivity index (χ4v) is 2.80. The minimum atomic E-state index is 0.0822. The fraction of sp³-hybridized carbons (Fsp3) is 0.571. The van der Waals surface area contributed by atoms with E-state index in [1.54, 1.807) is 0 Å². The zero-order valence-electron chi connectivity index (χ0n) is 11.2. The van der Waals surface area contributed by atoms with E-state index in [1.807, 2.05) is 6.92 Å². The Labute approximate surface area is 113 Å². The van der Waals surface area contributed by atoms with E-state index in [4.69, 9.17) is 5.73 Å². The van der Waals surface area contributed by atoms with Gasteiger partial charge in [-0.05, 0) is 53.4 Å². The molecule has 0 aliphatic heterocycles. The number of nitrogens with zero attached hydrogens (tertiary/aromatic N) is 1. The summed E-state index contributed by atoms with van der Waals surface area (Å²) in [6.07, 6.45) is 2.32. The van der Waals surface area contributed by atoms with Crippen LogP contribution in [0, 0.1) is 0 Å². The molecule has 1 atom stereocenters. The molecule has 0 aromatic heterocycles. The normalized spacial score (nSPS) is 12.9. The molecule has 2 nitrogen and oxygen atoms in total. The minimum absolute atomic E-state index is 0.0822. The smallest absolute Gasteiger partial charge is 0.0510 e. The summed E-state index contributed by atoms with van der Waals surface area (Å²) in [6.45, 7) is 6.47. The number of benzene rings is 1. The van der Waals surface area contributed by atoms with Gasteiger partial charge in [-0.15, -0.1) is 0 Å². The van der Waals surface area contributed by atoms with Gasteiger partial charge in [-0.3, -0.25) is 0 Å². The standard InChI is InChI=1S/C14H23BrN2/c1-5-12(6-2)17(4)14-8-7-11(10(3)16)9-13(14)15/h7-10,12H,5-6,16H2,1-4H3/t10-/m0/s1. The second-order valence-electron chi connectivity index (χ2n) is 4.58. The third-order valence-corrected chi connectivity index (χ3v) is 4.00. The van der Waals surface area contributed by atoms with Crippen molar-refractivity contribution < 1.29 is 0 Å². The minimum Gasteiger partial charge on any atom is -0.371 e. The highest BCUT2D eigenvalue weighted by Crippen LogP contribution is 2.30. The number of anilines is 1. The van der Waals surface area contributed by atoms with Gasteiger partial charge in [-0.2, -0.15) is 0 Å². The second kappa shape index (κ2) is 6.41. The van der Waals surface area contributed by atoms with Gasteiger partial charge in [-0.1, -0.05) is 19.9 Å². The molecule has 0 aliphatic rings. The zero-order valence-corrected chi connectivity index (χ0v) is 12.8. The van der Waals surface area contributed by atoms with E-state index in [0.29, 0.717) is 6.04 Å². The molecule has 0 amide bonds. The molecule has 1 aromatic carbocycles. The van der Waals surface area contributed by atoms with Crippen molar-refractivity contribution in [3.05, 3.63) is 28.2 Å². The molecule has 0 fully saturated rings. The van der Waals surface area contributed by atoms with Crippen LogP contribution >= 0.6 is 15.9 Å². The highest BCUT2D eigenvalue weighted by molar-refractivity contribution is 9.10. The average Bonchev–Trinajstić information content (AvgIpc) is 2.30. The maximum Gasteiger partial charge on any atom is 0.0510 e. The third-order valence-electron chi connectivity index (χ3n) is 3.37. The van der Waals surface area contributed by atoms with E-state index in [2.05, 4.69) is 59.9 Å². The van der Waals surface area contributed by atoms with E-state index in [9.17, 15) is 0 Å². The molecule has 0 saturated carbocycles. The Morgan fingerprint density at radius 3 is 2.29 bits per heavy atom. The lowest BCUT2D eigenvalue weighted by Gasteiger charge is -2.29. The van der Waals surface area contributed by atoms with Crippen molar-refractivity contribution in [1.82, 2.24) is 0 Å². The Kier molecular flexibility index (Phi) is 5.47. The largest absolute Gasteiger partial charge is 0.371 e. The fourth-order valence-electron chi connectivity index (χ4n) is 2.13. The van der Waals surface area contributed by atoms with Crippen LogP contribution in [0.4, 0.5) is 5.69 Å². The SMILES string of the molecule is CCC(CC)N(C)c1ccc([C@H](C)N)cc1Br. The number of nitrogens with two attached hydrogens (primary N) is 1. The van der Waals surface area contributed by atoms with Crippen LogP contribution in [0.2, 0.25) is 0 Å². The van der Waals surface area contributed by atoms with Gasteiger partial charge < -0.3 is 10.6 Å². The predicted octanol–water partition coefficient (Wildman–Crippen LogP) is 4.09. The maximum absolute atomic E-state index is 5.89. The summed E-state index contributed by atoms with van der Waals surface area (Å²) in [5.41, 5.74) is 8.29. The van der Waals surface area contributed by atoms with Crippen molar-refractivity contribution in [2.75, 3.05) is 11.9 Å². The van der Waals surface area contributed by atoms with Gasteiger partial charge in [0.25, 0.3) is 0 Å². The Morgan fingerprint density at radius 1 is 1.29 bits per heavy atom. The van der Waals surface area contributed by atoms with Gasteiger partial charge in [0.1, 0.15) is 0 Å².